The van der Waals surface area contributed by atoms with Crippen LogP contribution in [-0.2, 0) is 22.6 Å². The highest BCUT2D eigenvalue weighted by Gasteiger charge is 2.32. The monoisotopic (exact) mass is 500 g/mol. The summed E-state index contributed by atoms with van der Waals surface area (Å²) in [4.78, 5) is 29.0. The standard InChI is InChI=1S/C31H36N2O4/c1-23-12-14-25(15-13-23)21-33(30(34)22-37-28-18-16-27(36-2)17-19-28)29(20-24-8-4-3-5-9-24)31(35)32-26-10-6-7-11-26/h3-5,8-9,12-19,26,29H,6-7,10-11,20-22H2,1-2H3,(H,32,35)/t29-/m0/s1. The molecule has 3 aromatic carbocycles. The molecule has 0 radical (unpaired) electrons. The van der Waals surface area contributed by atoms with Gasteiger partial charge in [0, 0.05) is 19.0 Å². The van der Waals surface area contributed by atoms with Gasteiger partial charge in [-0.25, -0.2) is 0 Å². The molecule has 3 aromatic rings. The number of methoxy groups -OCH3 is 1. The topological polar surface area (TPSA) is 67.9 Å². The molecule has 1 aliphatic rings. The fraction of sp³-hybridized carbons (Fsp3) is 0.355. The Morgan fingerprint density at radius 2 is 1.54 bits per heavy atom. The predicted molar refractivity (Wildman–Crippen MR) is 145 cm³/mol. The molecule has 37 heavy (non-hydrogen) atoms. The quantitative estimate of drug-likeness (QED) is 0.399. The first-order valence-corrected chi connectivity index (χ1v) is 13.0. The average Bonchev–Trinajstić information content (AvgIpc) is 3.44. The van der Waals surface area contributed by atoms with Crippen LogP contribution in [0, 0.1) is 6.92 Å². The zero-order valence-corrected chi connectivity index (χ0v) is 21.7. The number of hydrogen-bond acceptors (Lipinski definition) is 4. The SMILES string of the molecule is COc1ccc(OCC(=O)N(Cc2ccc(C)cc2)[C@@H](Cc2ccccc2)C(=O)NC2CCCC2)cc1. The summed E-state index contributed by atoms with van der Waals surface area (Å²) >= 11 is 0. The van der Waals surface area contributed by atoms with Gasteiger partial charge in [-0.3, -0.25) is 9.59 Å². The van der Waals surface area contributed by atoms with Gasteiger partial charge in [-0.15, -0.1) is 0 Å². The highest BCUT2D eigenvalue weighted by atomic mass is 16.5. The van der Waals surface area contributed by atoms with Crippen molar-refractivity contribution in [3.63, 3.8) is 0 Å². The molecule has 0 aliphatic heterocycles. The molecule has 1 atom stereocenters. The van der Waals surface area contributed by atoms with Crippen molar-refractivity contribution in [2.45, 2.75) is 57.7 Å². The first-order valence-electron chi connectivity index (χ1n) is 13.0. The lowest BCUT2D eigenvalue weighted by Crippen LogP contribution is -2.53. The Bertz CT molecular complexity index is 1140. The number of hydrogen-bond donors (Lipinski definition) is 1. The van der Waals surface area contributed by atoms with Gasteiger partial charge in [0.15, 0.2) is 6.61 Å². The Morgan fingerprint density at radius 1 is 0.892 bits per heavy atom. The zero-order valence-electron chi connectivity index (χ0n) is 21.7. The number of nitrogens with one attached hydrogen (secondary N) is 1. The minimum atomic E-state index is -0.656. The van der Waals surface area contributed by atoms with Crippen LogP contribution in [0.3, 0.4) is 0 Å². The van der Waals surface area contributed by atoms with Gasteiger partial charge in [0.25, 0.3) is 5.91 Å². The van der Waals surface area contributed by atoms with Gasteiger partial charge >= 0.3 is 0 Å². The van der Waals surface area contributed by atoms with E-state index in [9.17, 15) is 9.59 Å². The molecule has 1 saturated carbocycles. The largest absolute Gasteiger partial charge is 0.497 e. The molecule has 0 aromatic heterocycles. The van der Waals surface area contributed by atoms with Gasteiger partial charge in [-0.05, 0) is 55.2 Å². The van der Waals surface area contributed by atoms with Crippen LogP contribution in [0.4, 0.5) is 0 Å². The van der Waals surface area contributed by atoms with Crippen LogP contribution >= 0.6 is 0 Å². The van der Waals surface area contributed by atoms with Crippen LogP contribution in [0.25, 0.3) is 0 Å². The Morgan fingerprint density at radius 3 is 2.19 bits per heavy atom. The molecule has 6 heteroatoms. The predicted octanol–water partition coefficient (Wildman–Crippen LogP) is 5.08. The molecular weight excluding hydrogens is 464 g/mol. The molecular formula is C31H36N2O4. The van der Waals surface area contributed by atoms with E-state index in [1.54, 1.807) is 36.3 Å². The highest BCUT2D eigenvalue weighted by Crippen LogP contribution is 2.21. The summed E-state index contributed by atoms with van der Waals surface area (Å²) in [6.07, 6.45) is 4.64. The van der Waals surface area contributed by atoms with E-state index in [1.165, 1.54) is 0 Å². The summed E-state index contributed by atoms with van der Waals surface area (Å²) in [5.41, 5.74) is 3.12. The number of amides is 2. The third-order valence-corrected chi connectivity index (χ3v) is 6.87. The lowest BCUT2D eigenvalue weighted by molar-refractivity contribution is -0.143. The molecule has 1 fully saturated rings. The Labute approximate surface area is 219 Å². The number of rotatable bonds is 11. The van der Waals surface area contributed by atoms with E-state index in [1.807, 2.05) is 61.5 Å². The van der Waals surface area contributed by atoms with E-state index in [0.29, 0.717) is 24.5 Å². The van der Waals surface area contributed by atoms with Crippen LogP contribution < -0.4 is 14.8 Å². The minimum absolute atomic E-state index is 0.110. The minimum Gasteiger partial charge on any atom is -0.497 e. The van der Waals surface area contributed by atoms with Gasteiger partial charge in [0.1, 0.15) is 17.5 Å². The fourth-order valence-electron chi connectivity index (χ4n) is 4.71. The second-order valence-electron chi connectivity index (χ2n) is 9.67. The third kappa shape index (κ3) is 7.59. The van der Waals surface area contributed by atoms with Gasteiger partial charge in [-0.1, -0.05) is 73.0 Å². The molecule has 0 saturated heterocycles. The number of aryl methyl sites for hydroxylation is 1. The molecule has 1 N–H and O–H groups in total. The number of ether oxygens (including phenoxy) is 2. The fourth-order valence-corrected chi connectivity index (χ4v) is 4.71. The summed E-state index contributed by atoms with van der Waals surface area (Å²) < 4.78 is 11.0. The normalized spacial score (nSPS) is 14.1. The lowest BCUT2D eigenvalue weighted by atomic mass is 10.0. The molecule has 194 valence electrons. The van der Waals surface area contributed by atoms with Crippen molar-refractivity contribution in [2.24, 2.45) is 0 Å². The average molecular weight is 501 g/mol. The summed E-state index contributed by atoms with van der Waals surface area (Å²) in [5, 5.41) is 3.23. The second-order valence-corrected chi connectivity index (χ2v) is 9.67. The number of nitrogens with zero attached hydrogens (tertiary/aromatic N) is 1. The molecule has 4 rings (SSSR count). The summed E-state index contributed by atoms with van der Waals surface area (Å²) in [6, 6.07) is 24.6. The van der Waals surface area contributed by atoms with Crippen LogP contribution in [0.5, 0.6) is 11.5 Å². The van der Waals surface area contributed by atoms with Crippen molar-refractivity contribution in [3.05, 3.63) is 95.6 Å². The van der Waals surface area contributed by atoms with Crippen molar-refractivity contribution in [1.29, 1.82) is 0 Å². The Hall–Kier alpha value is -3.80. The first-order chi connectivity index (χ1) is 18.0. The molecule has 1 aliphatic carbocycles. The summed E-state index contributed by atoms with van der Waals surface area (Å²) in [6.45, 7) is 2.18. The molecule has 0 unspecified atom stereocenters. The maximum atomic E-state index is 13.7. The highest BCUT2D eigenvalue weighted by molar-refractivity contribution is 5.88. The Kier molecular flexibility index (Phi) is 9.19. The van der Waals surface area contributed by atoms with Crippen LogP contribution in [0.15, 0.2) is 78.9 Å². The molecule has 0 spiro atoms. The van der Waals surface area contributed by atoms with E-state index in [2.05, 4.69) is 5.32 Å². The van der Waals surface area contributed by atoms with Crippen LogP contribution in [0.1, 0.15) is 42.4 Å². The third-order valence-electron chi connectivity index (χ3n) is 6.87. The zero-order chi connectivity index (χ0) is 26.0. The maximum Gasteiger partial charge on any atom is 0.261 e. The second kappa shape index (κ2) is 12.9. The van der Waals surface area contributed by atoms with Gasteiger partial charge in [-0.2, -0.15) is 0 Å². The maximum absolute atomic E-state index is 13.7. The van der Waals surface area contributed by atoms with E-state index < -0.39 is 6.04 Å². The van der Waals surface area contributed by atoms with Gasteiger partial charge < -0.3 is 19.7 Å². The summed E-state index contributed by atoms with van der Waals surface area (Å²) in [5.74, 6) is 0.935. The molecule has 0 heterocycles. The van der Waals surface area contributed by atoms with Crippen molar-refractivity contribution in [1.82, 2.24) is 10.2 Å². The van der Waals surface area contributed by atoms with Crippen molar-refractivity contribution < 1.29 is 19.1 Å². The Balaban J connectivity index is 1.58. The molecule has 0 bridgehead atoms. The van der Waals surface area contributed by atoms with Gasteiger partial charge in [0.2, 0.25) is 5.91 Å². The molecule has 2 amide bonds. The number of carbonyl (C=O) groups excluding carboxylic acids is 2. The van der Waals surface area contributed by atoms with E-state index in [4.69, 9.17) is 9.47 Å². The number of carbonyl (C=O) groups is 2. The molecule has 6 nitrogen and oxygen atoms in total. The van der Waals surface area contributed by atoms with Crippen molar-refractivity contribution >= 4 is 11.8 Å². The van der Waals surface area contributed by atoms with Crippen LogP contribution in [0.2, 0.25) is 0 Å². The smallest absolute Gasteiger partial charge is 0.261 e. The summed E-state index contributed by atoms with van der Waals surface area (Å²) in [7, 11) is 1.60. The van der Waals surface area contributed by atoms with Crippen molar-refractivity contribution in [2.75, 3.05) is 13.7 Å². The van der Waals surface area contributed by atoms with E-state index in [-0.39, 0.29) is 24.5 Å². The van der Waals surface area contributed by atoms with Gasteiger partial charge in [0.05, 0.1) is 7.11 Å². The van der Waals surface area contributed by atoms with Crippen molar-refractivity contribution in [3.8, 4) is 11.5 Å². The first kappa shape index (κ1) is 26.3. The number of benzene rings is 3. The van der Waals surface area contributed by atoms with E-state index in [0.717, 1.165) is 42.4 Å². The lowest BCUT2D eigenvalue weighted by Gasteiger charge is -2.32. The van der Waals surface area contributed by atoms with E-state index >= 15 is 0 Å². The van der Waals surface area contributed by atoms with Crippen LogP contribution in [-0.4, -0.2) is 42.5 Å².